The van der Waals surface area contributed by atoms with Crippen LogP contribution < -0.4 is 0 Å². The second-order valence-electron chi connectivity index (χ2n) is 2.17. The molecule has 0 aliphatic rings. The van der Waals surface area contributed by atoms with Gasteiger partial charge in [0.25, 0.3) is 0 Å². The molecule has 0 aliphatic heterocycles. The number of hydrogen-bond acceptors (Lipinski definition) is 2. The van der Waals surface area contributed by atoms with Crippen molar-refractivity contribution >= 4 is 22.7 Å². The zero-order valence-electron chi connectivity index (χ0n) is 6.03. The van der Waals surface area contributed by atoms with Crippen LogP contribution in [0.3, 0.4) is 0 Å². The predicted molar refractivity (Wildman–Crippen MR) is 46.4 cm³/mol. The van der Waals surface area contributed by atoms with E-state index in [1.165, 1.54) is 12.1 Å². The average molecular weight is 207 g/mol. The summed E-state index contributed by atoms with van der Waals surface area (Å²) in [5.74, 6) is 0. The molecule has 0 saturated carbocycles. The number of aliphatic hydroxyl groups is 1. The van der Waals surface area contributed by atoms with Crippen molar-refractivity contribution in [2.45, 2.75) is 11.5 Å². The molecule has 12 heavy (non-hydrogen) atoms. The van der Waals surface area contributed by atoms with Gasteiger partial charge in [-0.25, -0.2) is 4.21 Å². The fourth-order valence-electron chi connectivity index (χ4n) is 0.780. The molecule has 1 aromatic rings. The van der Waals surface area contributed by atoms with Crippen LogP contribution in [-0.4, -0.2) is 13.9 Å². The van der Waals surface area contributed by atoms with Crippen molar-refractivity contribution in [1.82, 2.24) is 0 Å². The number of aliphatic hydroxyl groups excluding tert-OH is 1. The van der Waals surface area contributed by atoms with Crippen molar-refractivity contribution in [2.24, 2.45) is 0 Å². The molecule has 1 unspecified atom stereocenters. The minimum atomic E-state index is -2.10. The number of halogens is 1. The first kappa shape index (κ1) is 9.67. The molecular weight excluding hydrogens is 200 g/mol. The molecule has 0 aromatic heterocycles. The first-order valence-corrected chi connectivity index (χ1v) is 4.63. The van der Waals surface area contributed by atoms with Crippen LogP contribution in [0.4, 0.5) is 0 Å². The number of rotatable bonds is 2. The van der Waals surface area contributed by atoms with Gasteiger partial charge in [-0.3, -0.25) is 0 Å². The maximum atomic E-state index is 10.6. The Labute approximate surface area is 77.3 Å². The summed E-state index contributed by atoms with van der Waals surface area (Å²) in [7, 11) is 0. The van der Waals surface area contributed by atoms with E-state index in [0.29, 0.717) is 5.56 Å². The monoisotopic (exact) mass is 206 g/mol. The summed E-state index contributed by atoms with van der Waals surface area (Å²) in [6.07, 6.45) is 0. The van der Waals surface area contributed by atoms with Crippen molar-refractivity contribution in [3.8, 4) is 0 Å². The molecule has 0 bridgehead atoms. The Kier molecular flexibility index (Phi) is 3.22. The SMILES string of the molecule is O=S(O)c1cc(CO)ccc1Cl. The van der Waals surface area contributed by atoms with Gasteiger partial charge >= 0.3 is 0 Å². The fourth-order valence-corrected chi connectivity index (χ4v) is 1.58. The Morgan fingerprint density at radius 1 is 1.50 bits per heavy atom. The number of benzene rings is 1. The first-order chi connectivity index (χ1) is 5.65. The van der Waals surface area contributed by atoms with Gasteiger partial charge in [0.1, 0.15) is 0 Å². The Morgan fingerprint density at radius 2 is 2.17 bits per heavy atom. The quantitative estimate of drug-likeness (QED) is 0.720. The van der Waals surface area contributed by atoms with Crippen molar-refractivity contribution in [3.05, 3.63) is 28.8 Å². The zero-order chi connectivity index (χ0) is 9.14. The van der Waals surface area contributed by atoms with Crippen LogP contribution in [0, 0.1) is 0 Å². The van der Waals surface area contributed by atoms with E-state index in [9.17, 15) is 4.21 Å². The molecule has 0 aliphatic carbocycles. The van der Waals surface area contributed by atoms with Crippen LogP contribution in [0.25, 0.3) is 0 Å². The summed E-state index contributed by atoms with van der Waals surface area (Å²) in [4.78, 5) is 0.128. The predicted octanol–water partition coefficient (Wildman–Crippen LogP) is 1.41. The molecule has 0 radical (unpaired) electrons. The van der Waals surface area contributed by atoms with Gasteiger partial charge < -0.3 is 9.66 Å². The lowest BCUT2D eigenvalue weighted by Crippen LogP contribution is -1.92. The van der Waals surface area contributed by atoms with Gasteiger partial charge in [-0.05, 0) is 17.7 Å². The molecule has 0 heterocycles. The second-order valence-corrected chi connectivity index (χ2v) is 3.52. The lowest BCUT2D eigenvalue weighted by Gasteiger charge is -2.00. The molecule has 1 atom stereocenters. The van der Waals surface area contributed by atoms with E-state index < -0.39 is 11.1 Å². The van der Waals surface area contributed by atoms with Crippen LogP contribution in [0.15, 0.2) is 23.1 Å². The molecule has 2 N–H and O–H groups in total. The highest BCUT2D eigenvalue weighted by atomic mass is 35.5. The molecule has 0 fully saturated rings. The molecular formula is C7H7ClO3S. The van der Waals surface area contributed by atoms with Crippen LogP contribution in [0.2, 0.25) is 5.02 Å². The Bertz CT molecular complexity index is 314. The third kappa shape index (κ3) is 2.04. The van der Waals surface area contributed by atoms with Crippen molar-refractivity contribution in [3.63, 3.8) is 0 Å². The summed E-state index contributed by atoms with van der Waals surface area (Å²) in [6, 6.07) is 4.48. The third-order valence-electron chi connectivity index (χ3n) is 1.37. The summed E-state index contributed by atoms with van der Waals surface area (Å²) < 4.78 is 19.4. The normalized spacial score (nSPS) is 12.9. The highest BCUT2D eigenvalue weighted by Crippen LogP contribution is 2.20. The summed E-state index contributed by atoms with van der Waals surface area (Å²) in [5.41, 5.74) is 0.566. The fraction of sp³-hybridized carbons (Fsp3) is 0.143. The van der Waals surface area contributed by atoms with Gasteiger partial charge in [0.2, 0.25) is 0 Å². The summed E-state index contributed by atoms with van der Waals surface area (Å²) in [6.45, 7) is -0.165. The van der Waals surface area contributed by atoms with E-state index in [0.717, 1.165) is 0 Å². The molecule has 1 rings (SSSR count). The third-order valence-corrected chi connectivity index (χ3v) is 2.52. The van der Waals surface area contributed by atoms with Crippen LogP contribution in [0.5, 0.6) is 0 Å². The van der Waals surface area contributed by atoms with Crippen LogP contribution in [0.1, 0.15) is 5.56 Å². The van der Waals surface area contributed by atoms with Crippen LogP contribution >= 0.6 is 11.6 Å². The van der Waals surface area contributed by atoms with Crippen LogP contribution in [-0.2, 0) is 17.7 Å². The minimum absolute atomic E-state index is 0.128. The lowest BCUT2D eigenvalue weighted by atomic mass is 10.2. The molecule has 5 heteroatoms. The van der Waals surface area contributed by atoms with E-state index in [1.54, 1.807) is 6.07 Å². The van der Waals surface area contributed by atoms with Gasteiger partial charge in [-0.1, -0.05) is 17.7 Å². The molecule has 1 aromatic carbocycles. The van der Waals surface area contributed by atoms with Crippen molar-refractivity contribution in [1.29, 1.82) is 0 Å². The molecule has 3 nitrogen and oxygen atoms in total. The lowest BCUT2D eigenvalue weighted by molar-refractivity contribution is 0.281. The van der Waals surface area contributed by atoms with Crippen molar-refractivity contribution in [2.75, 3.05) is 0 Å². The summed E-state index contributed by atoms with van der Waals surface area (Å²) >= 11 is 3.52. The Balaban J connectivity index is 3.17. The van der Waals surface area contributed by atoms with Gasteiger partial charge in [-0.15, -0.1) is 0 Å². The Morgan fingerprint density at radius 3 is 2.67 bits per heavy atom. The molecule has 0 spiro atoms. The zero-order valence-corrected chi connectivity index (χ0v) is 7.60. The summed E-state index contributed by atoms with van der Waals surface area (Å²) in [5, 5.41) is 8.94. The van der Waals surface area contributed by atoms with E-state index >= 15 is 0 Å². The molecule has 0 saturated heterocycles. The average Bonchev–Trinajstić information content (AvgIpc) is 2.05. The van der Waals surface area contributed by atoms with E-state index in [2.05, 4.69) is 0 Å². The minimum Gasteiger partial charge on any atom is -0.392 e. The van der Waals surface area contributed by atoms with Gasteiger partial charge in [0.15, 0.2) is 11.1 Å². The maximum Gasteiger partial charge on any atom is 0.188 e. The van der Waals surface area contributed by atoms with E-state index in [1.807, 2.05) is 0 Å². The standard InChI is InChI=1S/C7H7ClO3S/c8-6-2-1-5(4-9)3-7(6)12(10)11/h1-3,9H,4H2,(H,10,11). The van der Waals surface area contributed by atoms with E-state index in [4.69, 9.17) is 21.3 Å². The van der Waals surface area contributed by atoms with Gasteiger partial charge in [0.05, 0.1) is 16.5 Å². The van der Waals surface area contributed by atoms with Gasteiger partial charge in [0, 0.05) is 0 Å². The second kappa shape index (κ2) is 4.00. The highest BCUT2D eigenvalue weighted by Gasteiger charge is 2.06. The van der Waals surface area contributed by atoms with E-state index in [-0.39, 0.29) is 16.5 Å². The Hall–Kier alpha value is -0.420. The molecule has 0 amide bonds. The first-order valence-electron chi connectivity index (χ1n) is 3.15. The van der Waals surface area contributed by atoms with Crippen molar-refractivity contribution < 1.29 is 13.9 Å². The topological polar surface area (TPSA) is 57.5 Å². The van der Waals surface area contributed by atoms with Gasteiger partial charge in [-0.2, -0.15) is 0 Å². The number of hydrogen-bond donors (Lipinski definition) is 2. The maximum absolute atomic E-state index is 10.6. The smallest absolute Gasteiger partial charge is 0.188 e. The largest absolute Gasteiger partial charge is 0.392 e. The molecule has 66 valence electrons. The highest BCUT2D eigenvalue weighted by molar-refractivity contribution is 7.79.